The van der Waals surface area contributed by atoms with Crippen LogP contribution in [-0.4, -0.2) is 42.6 Å². The number of hydrogen-bond acceptors (Lipinski definition) is 3. The molecule has 1 N–H and O–H groups in total. The van der Waals surface area contributed by atoms with E-state index in [1.807, 2.05) is 12.1 Å². The molecule has 1 aliphatic rings. The summed E-state index contributed by atoms with van der Waals surface area (Å²) in [5.74, 6) is 6.24. The third-order valence-corrected chi connectivity index (χ3v) is 2.93. The number of pyridine rings is 1. The van der Waals surface area contributed by atoms with E-state index >= 15 is 0 Å². The zero-order valence-electron chi connectivity index (χ0n) is 9.04. The number of nitrogens with one attached hydrogen (secondary N) is 1. The van der Waals surface area contributed by atoms with Crippen LogP contribution in [0.5, 0.6) is 0 Å². The topological polar surface area (TPSA) is 28.2 Å². The van der Waals surface area contributed by atoms with Crippen LogP contribution in [0.2, 0.25) is 0 Å². The molecule has 1 aromatic heterocycles. The Morgan fingerprint density at radius 2 is 2.19 bits per heavy atom. The zero-order chi connectivity index (χ0) is 11.2. The van der Waals surface area contributed by atoms with E-state index in [0.29, 0.717) is 0 Å². The Balaban J connectivity index is 1.87. The molecule has 1 aromatic rings. The van der Waals surface area contributed by atoms with Gasteiger partial charge in [-0.25, -0.2) is 4.98 Å². The van der Waals surface area contributed by atoms with E-state index < -0.39 is 0 Å². The summed E-state index contributed by atoms with van der Waals surface area (Å²) in [4.78, 5) is 6.56. The monoisotopic (exact) mass is 279 g/mol. The summed E-state index contributed by atoms with van der Waals surface area (Å²) < 4.78 is 0.986. The van der Waals surface area contributed by atoms with Gasteiger partial charge in [0, 0.05) is 36.8 Å². The van der Waals surface area contributed by atoms with Gasteiger partial charge >= 0.3 is 0 Å². The fourth-order valence-electron chi connectivity index (χ4n) is 1.56. The Hall–Kier alpha value is -0.890. The summed E-state index contributed by atoms with van der Waals surface area (Å²) in [6.07, 6.45) is 1.77. The van der Waals surface area contributed by atoms with E-state index in [4.69, 9.17) is 0 Å². The van der Waals surface area contributed by atoms with Crippen LogP contribution >= 0.6 is 15.9 Å². The van der Waals surface area contributed by atoms with Crippen molar-refractivity contribution in [1.82, 2.24) is 15.2 Å². The van der Waals surface area contributed by atoms with Crippen molar-refractivity contribution in [2.45, 2.75) is 0 Å². The molecule has 0 bridgehead atoms. The molecule has 0 saturated carbocycles. The molecule has 1 saturated heterocycles. The molecule has 3 nitrogen and oxygen atoms in total. The molecule has 2 heterocycles. The van der Waals surface area contributed by atoms with Crippen LogP contribution in [0, 0.1) is 11.8 Å². The normalized spacial score (nSPS) is 16.6. The summed E-state index contributed by atoms with van der Waals surface area (Å²) in [6, 6.07) is 3.89. The van der Waals surface area contributed by atoms with Gasteiger partial charge in [0.1, 0.15) is 5.69 Å². The molecule has 0 aromatic carbocycles. The Morgan fingerprint density at radius 3 is 2.88 bits per heavy atom. The predicted octanol–water partition coefficient (Wildman–Crippen LogP) is 1.10. The van der Waals surface area contributed by atoms with E-state index in [1.54, 1.807) is 6.20 Å². The van der Waals surface area contributed by atoms with E-state index in [1.165, 1.54) is 0 Å². The SMILES string of the molecule is Brc1ccc(C#CCN2CCNCC2)nc1. The standard InChI is InChI=1S/C12H14BrN3/c13-11-3-4-12(15-10-11)2-1-7-16-8-5-14-6-9-16/h3-4,10,14H,5-9H2. The third-order valence-electron chi connectivity index (χ3n) is 2.46. The summed E-state index contributed by atoms with van der Waals surface area (Å²) in [6.45, 7) is 5.14. The summed E-state index contributed by atoms with van der Waals surface area (Å²) in [5.41, 5.74) is 0.832. The quantitative estimate of drug-likeness (QED) is 0.781. The lowest BCUT2D eigenvalue weighted by molar-refractivity contribution is 0.268. The fraction of sp³-hybridized carbons (Fsp3) is 0.417. The van der Waals surface area contributed by atoms with Crippen LogP contribution in [0.3, 0.4) is 0 Å². The highest BCUT2D eigenvalue weighted by atomic mass is 79.9. The molecule has 84 valence electrons. The lowest BCUT2D eigenvalue weighted by Gasteiger charge is -2.24. The first-order valence-corrected chi connectivity index (χ1v) is 6.17. The van der Waals surface area contributed by atoms with Gasteiger partial charge in [0.15, 0.2) is 0 Å². The Kier molecular flexibility index (Phi) is 4.34. The Labute approximate surface area is 104 Å². The number of halogens is 1. The first-order valence-electron chi connectivity index (χ1n) is 5.38. The molecule has 0 radical (unpaired) electrons. The average Bonchev–Trinajstić information content (AvgIpc) is 2.33. The van der Waals surface area contributed by atoms with Crippen LogP contribution in [-0.2, 0) is 0 Å². The van der Waals surface area contributed by atoms with Gasteiger partial charge in [-0.05, 0) is 34.0 Å². The molecular formula is C12H14BrN3. The second-order valence-corrected chi connectivity index (χ2v) is 4.61. The molecule has 0 aliphatic carbocycles. The number of nitrogens with zero attached hydrogens (tertiary/aromatic N) is 2. The predicted molar refractivity (Wildman–Crippen MR) is 68.1 cm³/mol. The van der Waals surface area contributed by atoms with Crippen molar-refractivity contribution in [3.63, 3.8) is 0 Å². The van der Waals surface area contributed by atoms with E-state index in [0.717, 1.165) is 42.9 Å². The van der Waals surface area contributed by atoms with E-state index in [-0.39, 0.29) is 0 Å². The molecule has 0 amide bonds. The Bertz CT molecular complexity index is 385. The maximum Gasteiger partial charge on any atom is 0.113 e. The largest absolute Gasteiger partial charge is 0.314 e. The van der Waals surface area contributed by atoms with E-state index in [9.17, 15) is 0 Å². The minimum Gasteiger partial charge on any atom is -0.314 e. The van der Waals surface area contributed by atoms with Gasteiger partial charge in [-0.3, -0.25) is 4.90 Å². The first kappa shape index (κ1) is 11.6. The van der Waals surface area contributed by atoms with Crippen LogP contribution < -0.4 is 5.32 Å². The highest BCUT2D eigenvalue weighted by Gasteiger charge is 2.06. The van der Waals surface area contributed by atoms with Crippen molar-refractivity contribution in [1.29, 1.82) is 0 Å². The van der Waals surface area contributed by atoms with Gasteiger partial charge in [-0.15, -0.1) is 0 Å². The molecule has 0 atom stereocenters. The number of piperazine rings is 1. The highest BCUT2D eigenvalue weighted by molar-refractivity contribution is 9.10. The van der Waals surface area contributed by atoms with Gasteiger partial charge in [0.2, 0.25) is 0 Å². The molecule has 0 spiro atoms. The van der Waals surface area contributed by atoms with Crippen LogP contribution in [0.15, 0.2) is 22.8 Å². The van der Waals surface area contributed by atoms with Gasteiger partial charge < -0.3 is 5.32 Å². The lowest BCUT2D eigenvalue weighted by Crippen LogP contribution is -2.43. The van der Waals surface area contributed by atoms with Crippen molar-refractivity contribution < 1.29 is 0 Å². The van der Waals surface area contributed by atoms with Crippen molar-refractivity contribution in [2.75, 3.05) is 32.7 Å². The summed E-state index contributed by atoms with van der Waals surface area (Å²) in [7, 11) is 0. The first-order chi connectivity index (χ1) is 7.84. The number of rotatable bonds is 1. The number of hydrogen-bond donors (Lipinski definition) is 1. The van der Waals surface area contributed by atoms with Gasteiger partial charge in [-0.1, -0.05) is 5.92 Å². The summed E-state index contributed by atoms with van der Waals surface area (Å²) >= 11 is 3.35. The molecule has 16 heavy (non-hydrogen) atoms. The molecule has 4 heteroatoms. The van der Waals surface area contributed by atoms with Crippen molar-refractivity contribution >= 4 is 15.9 Å². The zero-order valence-corrected chi connectivity index (χ0v) is 10.6. The Morgan fingerprint density at radius 1 is 1.38 bits per heavy atom. The van der Waals surface area contributed by atoms with Crippen LogP contribution in [0.25, 0.3) is 0 Å². The fourth-order valence-corrected chi connectivity index (χ4v) is 1.80. The molecular weight excluding hydrogens is 266 g/mol. The van der Waals surface area contributed by atoms with Gasteiger partial charge in [0.05, 0.1) is 6.54 Å². The second-order valence-electron chi connectivity index (χ2n) is 3.69. The second kappa shape index (κ2) is 6.00. The smallest absolute Gasteiger partial charge is 0.113 e. The third kappa shape index (κ3) is 3.60. The average molecular weight is 280 g/mol. The van der Waals surface area contributed by atoms with Crippen molar-refractivity contribution in [3.05, 3.63) is 28.5 Å². The van der Waals surface area contributed by atoms with Crippen molar-refractivity contribution in [3.8, 4) is 11.8 Å². The number of aromatic nitrogens is 1. The molecule has 2 rings (SSSR count). The maximum atomic E-state index is 4.21. The minimum absolute atomic E-state index is 0.832. The highest BCUT2D eigenvalue weighted by Crippen LogP contribution is 2.06. The van der Waals surface area contributed by atoms with Crippen molar-refractivity contribution in [2.24, 2.45) is 0 Å². The van der Waals surface area contributed by atoms with Crippen LogP contribution in [0.4, 0.5) is 0 Å². The molecule has 0 unspecified atom stereocenters. The minimum atomic E-state index is 0.832. The van der Waals surface area contributed by atoms with Gasteiger partial charge in [0.25, 0.3) is 0 Å². The molecule has 1 aliphatic heterocycles. The van der Waals surface area contributed by atoms with E-state index in [2.05, 4.69) is 43.0 Å². The maximum absolute atomic E-state index is 4.21. The molecule has 1 fully saturated rings. The summed E-state index contributed by atoms with van der Waals surface area (Å²) in [5, 5.41) is 3.32. The van der Waals surface area contributed by atoms with Crippen LogP contribution in [0.1, 0.15) is 5.69 Å². The lowest BCUT2D eigenvalue weighted by atomic mass is 10.3. The van der Waals surface area contributed by atoms with Gasteiger partial charge in [-0.2, -0.15) is 0 Å².